The molecule has 0 radical (unpaired) electrons. The van der Waals surface area contributed by atoms with E-state index in [-0.39, 0.29) is 5.56 Å². The zero-order valence-electron chi connectivity index (χ0n) is 10.5. The molecule has 0 bridgehead atoms. The average Bonchev–Trinajstić information content (AvgIpc) is 2.46. The molecule has 0 atom stereocenters. The Labute approximate surface area is 115 Å². The van der Waals surface area contributed by atoms with Crippen LogP contribution in [0.25, 0.3) is 21.9 Å². The Balaban J connectivity index is 2.23. The van der Waals surface area contributed by atoms with E-state index >= 15 is 0 Å². The molecular formula is C17H11FO2. The van der Waals surface area contributed by atoms with Gasteiger partial charge in [0.2, 0.25) is 0 Å². The van der Waals surface area contributed by atoms with Crippen molar-refractivity contribution in [1.29, 1.82) is 0 Å². The Bertz CT molecular complexity index is 804. The van der Waals surface area contributed by atoms with E-state index in [0.717, 1.165) is 22.4 Å². The van der Waals surface area contributed by atoms with E-state index in [4.69, 9.17) is 5.11 Å². The highest BCUT2D eigenvalue weighted by Crippen LogP contribution is 2.30. The van der Waals surface area contributed by atoms with Gasteiger partial charge in [0, 0.05) is 5.56 Å². The van der Waals surface area contributed by atoms with Crippen LogP contribution in [-0.2, 0) is 0 Å². The van der Waals surface area contributed by atoms with Gasteiger partial charge in [0.25, 0.3) is 0 Å². The normalized spacial score (nSPS) is 10.7. The standard InChI is InChI=1S/C17H11FO2/c18-16-10-12(17(19)20)8-9-15(16)14-7-3-5-11-4-1-2-6-13(11)14/h1-10H,(H,19,20). The summed E-state index contributed by atoms with van der Waals surface area (Å²) >= 11 is 0. The third kappa shape index (κ3) is 2.03. The van der Waals surface area contributed by atoms with Gasteiger partial charge in [0.1, 0.15) is 5.82 Å². The molecule has 2 nitrogen and oxygen atoms in total. The Morgan fingerprint density at radius 1 is 0.900 bits per heavy atom. The summed E-state index contributed by atoms with van der Waals surface area (Å²) in [6.45, 7) is 0. The van der Waals surface area contributed by atoms with Gasteiger partial charge in [-0.2, -0.15) is 0 Å². The van der Waals surface area contributed by atoms with Crippen molar-refractivity contribution in [3.8, 4) is 11.1 Å². The van der Waals surface area contributed by atoms with Crippen LogP contribution < -0.4 is 0 Å². The topological polar surface area (TPSA) is 37.3 Å². The first-order valence-electron chi connectivity index (χ1n) is 6.18. The van der Waals surface area contributed by atoms with E-state index in [0.29, 0.717) is 5.56 Å². The number of carboxylic acid groups (broad SMARTS) is 1. The second-order valence-electron chi connectivity index (χ2n) is 4.53. The largest absolute Gasteiger partial charge is 0.478 e. The van der Waals surface area contributed by atoms with Crippen LogP contribution in [0.1, 0.15) is 10.4 Å². The number of halogens is 1. The summed E-state index contributed by atoms with van der Waals surface area (Å²) in [4.78, 5) is 10.8. The lowest BCUT2D eigenvalue weighted by molar-refractivity contribution is 0.0696. The Hall–Kier alpha value is -2.68. The van der Waals surface area contributed by atoms with E-state index in [9.17, 15) is 9.18 Å². The lowest BCUT2D eigenvalue weighted by atomic mass is 9.97. The summed E-state index contributed by atoms with van der Waals surface area (Å²) < 4.78 is 14.2. The summed E-state index contributed by atoms with van der Waals surface area (Å²) in [7, 11) is 0. The second-order valence-corrected chi connectivity index (χ2v) is 4.53. The van der Waals surface area contributed by atoms with Gasteiger partial charge >= 0.3 is 5.97 Å². The predicted octanol–water partition coefficient (Wildman–Crippen LogP) is 4.34. The molecule has 0 fully saturated rings. The van der Waals surface area contributed by atoms with Crippen molar-refractivity contribution >= 4 is 16.7 Å². The van der Waals surface area contributed by atoms with Gasteiger partial charge < -0.3 is 5.11 Å². The Morgan fingerprint density at radius 3 is 2.40 bits per heavy atom. The first-order valence-corrected chi connectivity index (χ1v) is 6.18. The molecule has 1 N–H and O–H groups in total. The number of aromatic carboxylic acids is 1. The zero-order valence-corrected chi connectivity index (χ0v) is 10.5. The van der Waals surface area contributed by atoms with Crippen molar-refractivity contribution < 1.29 is 14.3 Å². The highest BCUT2D eigenvalue weighted by atomic mass is 19.1. The van der Waals surface area contributed by atoms with Crippen LogP contribution in [0, 0.1) is 5.82 Å². The number of rotatable bonds is 2. The summed E-state index contributed by atoms with van der Waals surface area (Å²) in [5.41, 5.74) is 1.12. The van der Waals surface area contributed by atoms with Crippen LogP contribution in [0.5, 0.6) is 0 Å². The molecule has 0 amide bonds. The molecule has 0 aliphatic rings. The predicted molar refractivity (Wildman–Crippen MR) is 76.3 cm³/mol. The first kappa shape index (κ1) is 12.4. The van der Waals surface area contributed by atoms with Gasteiger partial charge in [-0.3, -0.25) is 0 Å². The maximum Gasteiger partial charge on any atom is 0.335 e. The van der Waals surface area contributed by atoms with Gasteiger partial charge in [-0.1, -0.05) is 48.5 Å². The number of fused-ring (bicyclic) bond motifs is 1. The number of benzene rings is 3. The molecule has 3 rings (SSSR count). The summed E-state index contributed by atoms with van der Waals surface area (Å²) in [5.74, 6) is -1.66. The molecule has 20 heavy (non-hydrogen) atoms. The highest BCUT2D eigenvalue weighted by molar-refractivity contribution is 5.97. The van der Waals surface area contributed by atoms with E-state index in [1.54, 1.807) is 0 Å². The first-order chi connectivity index (χ1) is 9.66. The molecule has 0 saturated carbocycles. The van der Waals surface area contributed by atoms with Crippen LogP contribution >= 0.6 is 0 Å². The fourth-order valence-corrected chi connectivity index (χ4v) is 2.33. The minimum atomic E-state index is -1.13. The van der Waals surface area contributed by atoms with Crippen LogP contribution in [0.3, 0.4) is 0 Å². The molecule has 0 aromatic heterocycles. The van der Waals surface area contributed by atoms with Crippen LogP contribution in [0.2, 0.25) is 0 Å². The Morgan fingerprint density at radius 2 is 1.65 bits per heavy atom. The highest BCUT2D eigenvalue weighted by Gasteiger charge is 2.11. The summed E-state index contributed by atoms with van der Waals surface area (Å²) in [5, 5.41) is 10.8. The molecule has 3 aromatic rings. The molecule has 0 aliphatic carbocycles. The zero-order chi connectivity index (χ0) is 14.1. The van der Waals surface area contributed by atoms with E-state index in [1.807, 2.05) is 42.5 Å². The smallest absolute Gasteiger partial charge is 0.335 e. The monoisotopic (exact) mass is 266 g/mol. The maximum absolute atomic E-state index is 14.2. The third-order valence-electron chi connectivity index (χ3n) is 3.30. The maximum atomic E-state index is 14.2. The van der Waals surface area contributed by atoms with E-state index in [1.165, 1.54) is 12.1 Å². The lowest BCUT2D eigenvalue weighted by Gasteiger charge is -2.08. The molecule has 98 valence electrons. The number of hydrogen-bond donors (Lipinski definition) is 1. The molecule has 0 heterocycles. The molecule has 0 spiro atoms. The lowest BCUT2D eigenvalue weighted by Crippen LogP contribution is -1.97. The summed E-state index contributed by atoms with van der Waals surface area (Å²) in [6.07, 6.45) is 0. The van der Waals surface area contributed by atoms with Gasteiger partial charge in [-0.25, -0.2) is 9.18 Å². The van der Waals surface area contributed by atoms with Crippen molar-refractivity contribution in [2.45, 2.75) is 0 Å². The molecule has 0 unspecified atom stereocenters. The Kier molecular flexibility index (Phi) is 2.95. The van der Waals surface area contributed by atoms with Crippen LogP contribution in [-0.4, -0.2) is 11.1 Å². The third-order valence-corrected chi connectivity index (χ3v) is 3.30. The van der Waals surface area contributed by atoms with Crippen molar-refractivity contribution in [3.63, 3.8) is 0 Å². The minimum absolute atomic E-state index is 0.0495. The number of hydrogen-bond acceptors (Lipinski definition) is 1. The van der Waals surface area contributed by atoms with Crippen LogP contribution in [0.4, 0.5) is 4.39 Å². The number of carboxylic acids is 1. The van der Waals surface area contributed by atoms with Crippen LogP contribution in [0.15, 0.2) is 60.7 Å². The fraction of sp³-hybridized carbons (Fsp3) is 0. The van der Waals surface area contributed by atoms with E-state index < -0.39 is 11.8 Å². The summed E-state index contributed by atoms with van der Waals surface area (Å²) in [6, 6.07) is 17.4. The van der Waals surface area contributed by atoms with Crippen molar-refractivity contribution in [2.75, 3.05) is 0 Å². The fourth-order valence-electron chi connectivity index (χ4n) is 2.33. The quantitative estimate of drug-likeness (QED) is 0.749. The van der Waals surface area contributed by atoms with Gasteiger partial charge in [0.15, 0.2) is 0 Å². The number of carbonyl (C=O) groups is 1. The SMILES string of the molecule is O=C(O)c1ccc(-c2cccc3ccccc23)c(F)c1. The molecule has 3 aromatic carbocycles. The second kappa shape index (κ2) is 4.78. The molecule has 0 saturated heterocycles. The average molecular weight is 266 g/mol. The van der Waals surface area contributed by atoms with Crippen molar-refractivity contribution in [3.05, 3.63) is 72.0 Å². The van der Waals surface area contributed by atoms with Gasteiger partial charge in [-0.05, 0) is 28.5 Å². The van der Waals surface area contributed by atoms with E-state index in [2.05, 4.69) is 0 Å². The van der Waals surface area contributed by atoms with Crippen molar-refractivity contribution in [1.82, 2.24) is 0 Å². The minimum Gasteiger partial charge on any atom is -0.478 e. The molecule has 3 heteroatoms. The van der Waals surface area contributed by atoms with Gasteiger partial charge in [0.05, 0.1) is 5.56 Å². The molecule has 0 aliphatic heterocycles. The molecular weight excluding hydrogens is 255 g/mol. The van der Waals surface area contributed by atoms with Crippen molar-refractivity contribution in [2.24, 2.45) is 0 Å². The van der Waals surface area contributed by atoms with Gasteiger partial charge in [-0.15, -0.1) is 0 Å².